The third kappa shape index (κ3) is 1.83. The molecule has 1 aromatic rings. The summed E-state index contributed by atoms with van der Waals surface area (Å²) in [6.07, 6.45) is 6.48. The van der Waals surface area contributed by atoms with Crippen LogP contribution < -0.4 is 0 Å². The molecule has 0 fully saturated rings. The number of thiophene rings is 1. The van der Waals surface area contributed by atoms with Crippen LogP contribution >= 0.6 is 11.3 Å². The molecular formula is C13H14N2OS. The lowest BCUT2D eigenvalue weighted by Crippen LogP contribution is -2.36. The Morgan fingerprint density at radius 3 is 3.12 bits per heavy atom. The summed E-state index contributed by atoms with van der Waals surface area (Å²) in [7, 11) is 0. The molecule has 3 nitrogen and oxygen atoms in total. The van der Waals surface area contributed by atoms with Gasteiger partial charge in [-0.15, -0.1) is 0 Å². The van der Waals surface area contributed by atoms with Crippen LogP contribution in [-0.2, 0) is 0 Å². The van der Waals surface area contributed by atoms with Gasteiger partial charge < -0.3 is 5.11 Å². The van der Waals surface area contributed by atoms with E-state index in [1.54, 1.807) is 23.3 Å². The molecule has 0 amide bonds. The number of hydrazone groups is 1. The van der Waals surface area contributed by atoms with E-state index in [0.29, 0.717) is 0 Å². The molecule has 88 valence electrons. The molecule has 1 N–H and O–H groups in total. The largest absolute Gasteiger partial charge is 0.372 e. The molecule has 1 aliphatic heterocycles. The average Bonchev–Trinajstić information content (AvgIpc) is 2.97. The fourth-order valence-corrected chi connectivity index (χ4v) is 2.99. The Kier molecular flexibility index (Phi) is 2.61. The Morgan fingerprint density at radius 2 is 2.41 bits per heavy atom. The number of nitrogens with zero attached hydrogens (tertiary/aromatic N) is 2. The number of aliphatic hydroxyl groups is 1. The maximum atomic E-state index is 9.68. The Balaban J connectivity index is 1.89. The van der Waals surface area contributed by atoms with Gasteiger partial charge in [0.1, 0.15) is 6.23 Å². The van der Waals surface area contributed by atoms with E-state index in [1.165, 1.54) is 16.7 Å². The molecule has 2 aliphatic rings. The minimum Gasteiger partial charge on any atom is -0.372 e. The van der Waals surface area contributed by atoms with Gasteiger partial charge in [-0.25, -0.2) is 0 Å². The molecule has 0 aromatic carbocycles. The lowest BCUT2D eigenvalue weighted by molar-refractivity contribution is 0.00763. The Bertz CT molecular complexity index is 499. The highest BCUT2D eigenvalue weighted by Gasteiger charge is 2.31. The maximum absolute atomic E-state index is 9.68. The first kappa shape index (κ1) is 10.7. The van der Waals surface area contributed by atoms with Crippen molar-refractivity contribution in [3.05, 3.63) is 40.1 Å². The topological polar surface area (TPSA) is 35.8 Å². The summed E-state index contributed by atoms with van der Waals surface area (Å²) >= 11 is 1.71. The Hall–Kier alpha value is -1.39. The first-order valence-corrected chi connectivity index (χ1v) is 6.63. The van der Waals surface area contributed by atoms with Crippen LogP contribution in [0.3, 0.4) is 0 Å². The Labute approximate surface area is 104 Å². The fraction of sp³-hybridized carbons (Fsp3) is 0.308. The second kappa shape index (κ2) is 4.13. The third-order valence-electron chi connectivity index (χ3n) is 3.21. The zero-order valence-electron chi connectivity index (χ0n) is 9.58. The summed E-state index contributed by atoms with van der Waals surface area (Å²) in [5, 5.41) is 19.9. The van der Waals surface area contributed by atoms with Crippen LogP contribution in [0.2, 0.25) is 0 Å². The number of rotatable bonds is 2. The van der Waals surface area contributed by atoms with E-state index in [4.69, 9.17) is 0 Å². The smallest absolute Gasteiger partial charge is 0.140 e. The van der Waals surface area contributed by atoms with Crippen molar-refractivity contribution in [2.24, 2.45) is 5.10 Å². The number of hydrogen-bond acceptors (Lipinski definition) is 4. The maximum Gasteiger partial charge on any atom is 0.140 e. The molecule has 0 bridgehead atoms. The summed E-state index contributed by atoms with van der Waals surface area (Å²) < 4.78 is 0. The van der Waals surface area contributed by atoms with E-state index in [0.717, 1.165) is 6.42 Å². The molecule has 0 saturated carbocycles. The molecule has 1 aromatic heterocycles. The van der Waals surface area contributed by atoms with Crippen molar-refractivity contribution >= 4 is 23.1 Å². The molecule has 2 atom stereocenters. The van der Waals surface area contributed by atoms with Crippen LogP contribution in [0, 0.1) is 0 Å². The zero-order valence-corrected chi connectivity index (χ0v) is 10.4. The van der Waals surface area contributed by atoms with Gasteiger partial charge >= 0.3 is 0 Å². The highest BCUT2D eigenvalue weighted by molar-refractivity contribution is 7.08. The van der Waals surface area contributed by atoms with E-state index in [9.17, 15) is 5.11 Å². The quantitative estimate of drug-likeness (QED) is 0.870. The van der Waals surface area contributed by atoms with Crippen LogP contribution in [-0.4, -0.2) is 28.6 Å². The predicted octanol–water partition coefficient (Wildman–Crippen LogP) is 2.47. The minimum atomic E-state index is -0.538. The van der Waals surface area contributed by atoms with E-state index in [1.807, 2.05) is 6.21 Å². The first-order chi connectivity index (χ1) is 8.25. The van der Waals surface area contributed by atoms with Gasteiger partial charge in [-0.3, -0.25) is 5.01 Å². The van der Waals surface area contributed by atoms with E-state index in [2.05, 4.69) is 34.1 Å². The molecule has 2 unspecified atom stereocenters. The zero-order chi connectivity index (χ0) is 11.8. The molecule has 1 aliphatic carbocycles. The van der Waals surface area contributed by atoms with Crippen molar-refractivity contribution in [3.63, 3.8) is 0 Å². The van der Waals surface area contributed by atoms with Gasteiger partial charge in [0.2, 0.25) is 0 Å². The predicted molar refractivity (Wildman–Crippen MR) is 70.8 cm³/mol. The number of aliphatic hydroxyl groups excluding tert-OH is 1. The monoisotopic (exact) mass is 246 g/mol. The first-order valence-electron chi connectivity index (χ1n) is 5.69. The lowest BCUT2D eigenvalue weighted by Gasteiger charge is -2.29. The average molecular weight is 246 g/mol. The molecular weight excluding hydrogens is 232 g/mol. The Morgan fingerprint density at radius 1 is 1.53 bits per heavy atom. The van der Waals surface area contributed by atoms with E-state index < -0.39 is 6.23 Å². The van der Waals surface area contributed by atoms with Crippen LogP contribution in [0.15, 0.2) is 39.7 Å². The lowest BCUT2D eigenvalue weighted by atomic mass is 9.91. The highest BCUT2D eigenvalue weighted by Crippen LogP contribution is 2.33. The van der Waals surface area contributed by atoms with E-state index in [-0.39, 0.29) is 6.04 Å². The summed E-state index contributed by atoms with van der Waals surface area (Å²) in [6.45, 7) is 1.75. The molecule has 3 rings (SSSR count). The van der Waals surface area contributed by atoms with Gasteiger partial charge in [0, 0.05) is 0 Å². The van der Waals surface area contributed by atoms with Crippen molar-refractivity contribution in [3.8, 4) is 0 Å². The van der Waals surface area contributed by atoms with Crippen molar-refractivity contribution in [2.45, 2.75) is 25.6 Å². The van der Waals surface area contributed by atoms with Gasteiger partial charge in [0.15, 0.2) is 0 Å². The SMILES string of the molecule is CC(O)N1N=CC2=CC=C(c3ccsc3)CC21. The number of hydrogen-bond donors (Lipinski definition) is 1. The van der Waals surface area contributed by atoms with Crippen LogP contribution in [0.4, 0.5) is 0 Å². The van der Waals surface area contributed by atoms with Crippen molar-refractivity contribution in [1.82, 2.24) is 5.01 Å². The molecule has 0 saturated heterocycles. The van der Waals surface area contributed by atoms with Crippen molar-refractivity contribution in [1.29, 1.82) is 0 Å². The van der Waals surface area contributed by atoms with Gasteiger partial charge in [-0.1, -0.05) is 12.2 Å². The fourth-order valence-electron chi connectivity index (χ4n) is 2.31. The van der Waals surface area contributed by atoms with Crippen molar-refractivity contribution in [2.75, 3.05) is 0 Å². The van der Waals surface area contributed by atoms with Gasteiger partial charge in [-0.05, 0) is 46.9 Å². The summed E-state index contributed by atoms with van der Waals surface area (Å²) in [4.78, 5) is 0. The standard InChI is InChI=1S/C13H14N2OS/c1-9(16)15-13-6-10(12-4-5-17-8-12)2-3-11(13)7-14-15/h2-5,7-9,13,16H,6H2,1H3. The number of allylic oxidation sites excluding steroid dienone is 2. The summed E-state index contributed by atoms with van der Waals surface area (Å²) in [6, 6.07) is 2.33. The van der Waals surface area contributed by atoms with Crippen LogP contribution in [0.25, 0.3) is 5.57 Å². The van der Waals surface area contributed by atoms with Crippen LogP contribution in [0.5, 0.6) is 0 Å². The summed E-state index contributed by atoms with van der Waals surface area (Å²) in [5.41, 5.74) is 3.78. The molecule has 4 heteroatoms. The molecule has 0 radical (unpaired) electrons. The van der Waals surface area contributed by atoms with E-state index >= 15 is 0 Å². The molecule has 0 spiro atoms. The van der Waals surface area contributed by atoms with Gasteiger partial charge in [0.25, 0.3) is 0 Å². The highest BCUT2D eigenvalue weighted by atomic mass is 32.1. The van der Waals surface area contributed by atoms with Crippen molar-refractivity contribution < 1.29 is 5.11 Å². The second-order valence-corrected chi connectivity index (χ2v) is 5.13. The normalized spacial score (nSPS) is 24.4. The third-order valence-corrected chi connectivity index (χ3v) is 3.89. The van der Waals surface area contributed by atoms with Gasteiger partial charge in [-0.2, -0.15) is 16.4 Å². The summed E-state index contributed by atoms with van der Waals surface area (Å²) in [5.74, 6) is 0. The van der Waals surface area contributed by atoms with Gasteiger partial charge in [0.05, 0.1) is 12.3 Å². The van der Waals surface area contributed by atoms with Crippen LogP contribution in [0.1, 0.15) is 18.9 Å². The second-order valence-electron chi connectivity index (χ2n) is 4.35. The number of fused-ring (bicyclic) bond motifs is 1. The minimum absolute atomic E-state index is 0.190. The molecule has 17 heavy (non-hydrogen) atoms. The molecule has 2 heterocycles.